The van der Waals surface area contributed by atoms with Gasteiger partial charge in [0.05, 0.1) is 16.1 Å². The summed E-state index contributed by atoms with van der Waals surface area (Å²) in [5.74, 6) is -1.88. The number of nitrogens with zero attached hydrogens (tertiary/aromatic N) is 3. The SMILES string of the molecule is CN(C)[C@H]1CCN(c2ccc3c(C(=O)NCC4CCC(F)(F)CC4)c(Cl)ccc3n2)C1. The summed E-state index contributed by atoms with van der Waals surface area (Å²) in [5.41, 5.74) is 1.12. The second-order valence-electron chi connectivity index (χ2n) is 9.02. The lowest BCUT2D eigenvalue weighted by Crippen LogP contribution is -2.34. The Bertz CT molecular complexity index is 958. The fourth-order valence-electron chi connectivity index (χ4n) is 4.57. The van der Waals surface area contributed by atoms with Gasteiger partial charge in [0, 0.05) is 43.9 Å². The number of aromatic nitrogens is 1. The number of alkyl halides is 2. The first-order valence-electron chi connectivity index (χ1n) is 10.9. The Morgan fingerprint density at radius 2 is 1.97 bits per heavy atom. The lowest BCUT2D eigenvalue weighted by Gasteiger charge is -2.28. The van der Waals surface area contributed by atoms with E-state index in [1.54, 1.807) is 6.07 Å². The first-order chi connectivity index (χ1) is 14.7. The molecule has 0 unspecified atom stereocenters. The van der Waals surface area contributed by atoms with Crippen molar-refractivity contribution in [2.45, 2.75) is 44.1 Å². The predicted octanol–water partition coefficient (Wildman–Crippen LogP) is 4.58. The van der Waals surface area contributed by atoms with E-state index in [9.17, 15) is 13.6 Å². The number of hydrogen-bond acceptors (Lipinski definition) is 4. The summed E-state index contributed by atoms with van der Waals surface area (Å²) in [4.78, 5) is 22.2. The molecule has 0 radical (unpaired) electrons. The van der Waals surface area contributed by atoms with Crippen molar-refractivity contribution in [2.75, 3.05) is 38.6 Å². The van der Waals surface area contributed by atoms with Gasteiger partial charge in [0.15, 0.2) is 0 Å². The van der Waals surface area contributed by atoms with Crippen LogP contribution in [0.2, 0.25) is 5.02 Å². The molecule has 4 rings (SSSR count). The van der Waals surface area contributed by atoms with Gasteiger partial charge in [-0.05, 0) is 63.5 Å². The highest BCUT2D eigenvalue weighted by Crippen LogP contribution is 2.36. The molecule has 1 atom stereocenters. The maximum atomic E-state index is 13.4. The zero-order valence-electron chi connectivity index (χ0n) is 18.0. The summed E-state index contributed by atoms with van der Waals surface area (Å²) >= 11 is 6.37. The minimum absolute atomic E-state index is 0.0712. The van der Waals surface area contributed by atoms with Crippen LogP contribution in [-0.2, 0) is 0 Å². The van der Waals surface area contributed by atoms with E-state index in [4.69, 9.17) is 16.6 Å². The van der Waals surface area contributed by atoms with Crippen molar-refractivity contribution >= 4 is 34.2 Å². The van der Waals surface area contributed by atoms with Crippen LogP contribution in [0.1, 0.15) is 42.5 Å². The van der Waals surface area contributed by atoms with Crippen molar-refractivity contribution in [2.24, 2.45) is 5.92 Å². The van der Waals surface area contributed by atoms with Crippen molar-refractivity contribution in [3.05, 3.63) is 34.9 Å². The van der Waals surface area contributed by atoms with Crippen molar-refractivity contribution in [3.63, 3.8) is 0 Å². The number of halogens is 3. The van der Waals surface area contributed by atoms with Gasteiger partial charge in [-0.2, -0.15) is 0 Å². The minimum atomic E-state index is -2.56. The fraction of sp³-hybridized carbons (Fsp3) is 0.565. The maximum absolute atomic E-state index is 13.4. The molecule has 1 aromatic carbocycles. The van der Waals surface area contributed by atoms with Gasteiger partial charge in [-0.25, -0.2) is 13.8 Å². The number of rotatable bonds is 5. The summed E-state index contributed by atoms with van der Waals surface area (Å²) in [6.45, 7) is 2.25. The zero-order valence-corrected chi connectivity index (χ0v) is 18.8. The molecule has 5 nitrogen and oxygen atoms in total. The largest absolute Gasteiger partial charge is 0.355 e. The van der Waals surface area contributed by atoms with Crippen molar-refractivity contribution in [3.8, 4) is 0 Å². The van der Waals surface area contributed by atoms with Gasteiger partial charge < -0.3 is 15.1 Å². The molecule has 0 spiro atoms. The Hall–Kier alpha value is -1.99. The summed E-state index contributed by atoms with van der Waals surface area (Å²) in [5, 5.41) is 3.97. The van der Waals surface area contributed by atoms with Crippen LogP contribution in [0.4, 0.5) is 14.6 Å². The van der Waals surface area contributed by atoms with Gasteiger partial charge in [-0.1, -0.05) is 11.6 Å². The Labute approximate surface area is 186 Å². The number of benzene rings is 1. The second kappa shape index (κ2) is 8.87. The number of anilines is 1. The van der Waals surface area contributed by atoms with Crippen LogP contribution < -0.4 is 10.2 Å². The Morgan fingerprint density at radius 1 is 1.23 bits per heavy atom. The number of hydrogen-bond donors (Lipinski definition) is 1. The number of amides is 1. The number of carbonyl (C=O) groups excluding carboxylic acids is 1. The number of fused-ring (bicyclic) bond motifs is 1. The average Bonchev–Trinajstić information content (AvgIpc) is 3.23. The molecule has 1 aromatic heterocycles. The van der Waals surface area contributed by atoms with Crippen molar-refractivity contribution in [1.29, 1.82) is 0 Å². The molecule has 2 fully saturated rings. The molecule has 1 aliphatic carbocycles. The quantitative estimate of drug-likeness (QED) is 0.724. The molecule has 1 N–H and O–H groups in total. The predicted molar refractivity (Wildman–Crippen MR) is 120 cm³/mol. The molecular formula is C23H29ClF2N4O. The van der Waals surface area contributed by atoms with Crippen LogP contribution in [0.5, 0.6) is 0 Å². The van der Waals surface area contributed by atoms with Crippen LogP contribution in [0.3, 0.4) is 0 Å². The first-order valence-corrected chi connectivity index (χ1v) is 11.3. The highest BCUT2D eigenvalue weighted by Gasteiger charge is 2.35. The normalized spacial score (nSPS) is 21.7. The molecule has 1 amide bonds. The highest BCUT2D eigenvalue weighted by molar-refractivity contribution is 6.35. The van der Waals surface area contributed by atoms with Gasteiger partial charge in [0.1, 0.15) is 5.82 Å². The molecular weight excluding hydrogens is 422 g/mol. The lowest BCUT2D eigenvalue weighted by atomic mass is 9.87. The Morgan fingerprint density at radius 3 is 2.65 bits per heavy atom. The van der Waals surface area contributed by atoms with Crippen molar-refractivity contribution < 1.29 is 13.6 Å². The molecule has 2 heterocycles. The van der Waals surface area contributed by atoms with E-state index in [-0.39, 0.29) is 24.7 Å². The third kappa shape index (κ3) is 4.93. The van der Waals surface area contributed by atoms with E-state index >= 15 is 0 Å². The van der Waals surface area contributed by atoms with E-state index in [1.165, 1.54) is 0 Å². The summed E-state index contributed by atoms with van der Waals surface area (Å²) in [6.07, 6.45) is 1.71. The molecule has 31 heavy (non-hydrogen) atoms. The van der Waals surface area contributed by atoms with E-state index in [2.05, 4.69) is 29.2 Å². The Balaban J connectivity index is 1.48. The van der Waals surface area contributed by atoms with Gasteiger partial charge in [0.25, 0.3) is 5.91 Å². The van der Waals surface area contributed by atoms with E-state index in [0.29, 0.717) is 41.4 Å². The smallest absolute Gasteiger partial charge is 0.253 e. The van der Waals surface area contributed by atoms with E-state index in [0.717, 1.165) is 30.8 Å². The fourth-order valence-corrected chi connectivity index (χ4v) is 4.83. The summed E-state index contributed by atoms with van der Waals surface area (Å²) in [6, 6.07) is 7.88. The maximum Gasteiger partial charge on any atom is 0.253 e. The number of likely N-dealkylation sites (N-methyl/N-ethyl adjacent to an activating group) is 1. The molecule has 1 saturated heterocycles. The minimum Gasteiger partial charge on any atom is -0.355 e. The van der Waals surface area contributed by atoms with Crippen LogP contribution in [0.15, 0.2) is 24.3 Å². The number of pyridine rings is 1. The Kier molecular flexibility index (Phi) is 6.35. The molecule has 1 aliphatic heterocycles. The van der Waals surface area contributed by atoms with Gasteiger partial charge >= 0.3 is 0 Å². The summed E-state index contributed by atoms with van der Waals surface area (Å²) < 4.78 is 26.7. The van der Waals surface area contributed by atoms with Crippen LogP contribution in [0, 0.1) is 5.92 Å². The zero-order chi connectivity index (χ0) is 22.2. The monoisotopic (exact) mass is 450 g/mol. The van der Waals surface area contributed by atoms with Gasteiger partial charge in [-0.3, -0.25) is 4.79 Å². The second-order valence-corrected chi connectivity index (χ2v) is 9.43. The molecule has 2 aliphatic rings. The summed E-state index contributed by atoms with van der Waals surface area (Å²) in [7, 11) is 4.18. The molecule has 1 saturated carbocycles. The highest BCUT2D eigenvalue weighted by atomic mass is 35.5. The average molecular weight is 451 g/mol. The molecule has 168 valence electrons. The molecule has 0 bridgehead atoms. The topological polar surface area (TPSA) is 48.5 Å². The van der Waals surface area contributed by atoms with Gasteiger partial charge in [0.2, 0.25) is 5.92 Å². The standard InChI is InChI=1S/C23H29ClF2N4O/c1-29(2)16-9-12-30(14-16)20-6-3-17-19(28-20)5-4-18(24)21(17)22(31)27-13-15-7-10-23(25,26)11-8-15/h3-6,15-16H,7-14H2,1-2H3,(H,27,31)/t16-/m0/s1. The van der Waals surface area contributed by atoms with Gasteiger partial charge in [-0.15, -0.1) is 0 Å². The van der Waals surface area contributed by atoms with Crippen LogP contribution in [0.25, 0.3) is 10.9 Å². The number of carbonyl (C=O) groups is 1. The van der Waals surface area contributed by atoms with E-state index < -0.39 is 5.92 Å². The van der Waals surface area contributed by atoms with Crippen molar-refractivity contribution in [1.82, 2.24) is 15.2 Å². The number of nitrogens with one attached hydrogen (secondary N) is 1. The lowest BCUT2D eigenvalue weighted by molar-refractivity contribution is -0.0452. The third-order valence-electron chi connectivity index (χ3n) is 6.64. The third-order valence-corrected chi connectivity index (χ3v) is 6.95. The van der Waals surface area contributed by atoms with Crippen LogP contribution in [-0.4, -0.2) is 61.5 Å². The first kappa shape index (κ1) is 22.2. The molecule has 2 aromatic rings. The van der Waals surface area contributed by atoms with Crippen LogP contribution >= 0.6 is 11.6 Å². The van der Waals surface area contributed by atoms with E-state index in [1.807, 2.05) is 18.2 Å². The molecule has 8 heteroatoms.